The van der Waals surface area contributed by atoms with Gasteiger partial charge >= 0.3 is 0 Å². The fourth-order valence-corrected chi connectivity index (χ4v) is 3.42. The lowest BCUT2D eigenvalue weighted by atomic mass is 9.97. The monoisotopic (exact) mass is 436 g/mol. The van der Waals surface area contributed by atoms with E-state index in [0.717, 1.165) is 30.2 Å². The molecule has 1 aromatic heterocycles. The molecule has 0 saturated heterocycles. The highest BCUT2D eigenvalue weighted by atomic mass is 35.5. The quantitative estimate of drug-likeness (QED) is 0.390. The minimum absolute atomic E-state index is 0.0235. The first kappa shape index (κ1) is 20.9. The molecule has 1 aliphatic carbocycles. The summed E-state index contributed by atoms with van der Waals surface area (Å²) in [5, 5.41) is 0.310. The van der Waals surface area contributed by atoms with Gasteiger partial charge in [-0.3, -0.25) is 4.98 Å². The molecule has 0 saturated carbocycles. The van der Waals surface area contributed by atoms with Crippen molar-refractivity contribution in [1.82, 2.24) is 4.98 Å². The number of rotatable bonds is 6. The predicted octanol–water partition coefficient (Wildman–Crippen LogP) is 6.99. The molecule has 2 aromatic carbocycles. The number of nitrogens with zero attached hydrogens (tertiary/aromatic N) is 2. The van der Waals surface area contributed by atoms with Crippen LogP contribution in [0.25, 0.3) is 0 Å². The van der Waals surface area contributed by atoms with Gasteiger partial charge in [0.1, 0.15) is 29.7 Å². The Morgan fingerprint density at radius 2 is 1.90 bits per heavy atom. The van der Waals surface area contributed by atoms with E-state index in [0.29, 0.717) is 16.3 Å². The van der Waals surface area contributed by atoms with E-state index in [1.165, 1.54) is 24.4 Å². The molecule has 31 heavy (non-hydrogen) atoms. The standard InChI is InChI=1S/C25H19ClF2N2O/c26-22-13-24(23(28)11-19(22)16-31-21-12-20(27)14-29-15-21)30-25(17-7-3-1-4-8-17)18-9-5-2-6-10-18/h1,3-5,7-15H,2,6,16H2. The summed E-state index contributed by atoms with van der Waals surface area (Å²) in [6.07, 6.45) is 10.5. The summed E-state index contributed by atoms with van der Waals surface area (Å²) in [7, 11) is 0. The maximum absolute atomic E-state index is 14.9. The van der Waals surface area contributed by atoms with Gasteiger partial charge in [0.15, 0.2) is 0 Å². The Balaban J connectivity index is 1.65. The van der Waals surface area contributed by atoms with Crippen LogP contribution < -0.4 is 4.74 Å². The molecule has 0 bridgehead atoms. The third-order valence-corrected chi connectivity index (χ3v) is 5.09. The first-order valence-electron chi connectivity index (χ1n) is 9.82. The number of hydrogen-bond donors (Lipinski definition) is 0. The SMILES string of the molecule is Fc1cncc(OCc2cc(F)c(N=C(C3=CCCC=C3)c3ccccc3)cc2Cl)c1. The number of halogens is 3. The average molecular weight is 437 g/mol. The molecule has 0 radical (unpaired) electrons. The molecule has 4 rings (SSSR count). The van der Waals surface area contributed by atoms with Crippen molar-refractivity contribution in [3.05, 3.63) is 113 Å². The minimum Gasteiger partial charge on any atom is -0.487 e. The fraction of sp³-hybridized carbons (Fsp3) is 0.120. The molecule has 3 nitrogen and oxygen atoms in total. The summed E-state index contributed by atoms with van der Waals surface area (Å²) in [5.41, 5.74) is 3.09. The van der Waals surface area contributed by atoms with Crippen molar-refractivity contribution in [2.75, 3.05) is 0 Å². The van der Waals surface area contributed by atoms with Gasteiger partial charge < -0.3 is 4.74 Å². The molecule has 1 aliphatic rings. The van der Waals surface area contributed by atoms with Gasteiger partial charge in [-0.15, -0.1) is 0 Å². The lowest BCUT2D eigenvalue weighted by Crippen LogP contribution is -2.05. The van der Waals surface area contributed by atoms with Gasteiger partial charge in [0.05, 0.1) is 18.1 Å². The van der Waals surface area contributed by atoms with Crippen molar-refractivity contribution in [3.63, 3.8) is 0 Å². The van der Waals surface area contributed by atoms with E-state index in [4.69, 9.17) is 16.3 Å². The number of aliphatic imine (C=N–C) groups is 1. The molecule has 1 heterocycles. The molecule has 0 N–H and O–H groups in total. The summed E-state index contributed by atoms with van der Waals surface area (Å²) in [4.78, 5) is 8.34. The number of benzene rings is 2. The number of aromatic nitrogens is 1. The first-order chi connectivity index (χ1) is 15.1. The average Bonchev–Trinajstić information content (AvgIpc) is 2.79. The molecule has 0 aliphatic heterocycles. The van der Waals surface area contributed by atoms with Crippen molar-refractivity contribution in [1.29, 1.82) is 0 Å². The van der Waals surface area contributed by atoms with Crippen LogP contribution >= 0.6 is 11.6 Å². The largest absolute Gasteiger partial charge is 0.487 e. The number of pyridine rings is 1. The van der Waals surface area contributed by atoms with E-state index >= 15 is 0 Å². The summed E-state index contributed by atoms with van der Waals surface area (Å²) >= 11 is 6.38. The van der Waals surface area contributed by atoms with Crippen molar-refractivity contribution in [2.24, 2.45) is 4.99 Å². The third kappa shape index (κ3) is 5.25. The van der Waals surface area contributed by atoms with E-state index in [1.807, 2.05) is 36.4 Å². The topological polar surface area (TPSA) is 34.5 Å². The van der Waals surface area contributed by atoms with Crippen LogP contribution in [-0.4, -0.2) is 10.7 Å². The Morgan fingerprint density at radius 3 is 2.65 bits per heavy atom. The van der Waals surface area contributed by atoms with E-state index in [1.54, 1.807) is 0 Å². The van der Waals surface area contributed by atoms with Crippen LogP contribution in [0.5, 0.6) is 5.75 Å². The van der Waals surface area contributed by atoms with Crippen LogP contribution in [0.3, 0.4) is 0 Å². The minimum atomic E-state index is -0.519. The van der Waals surface area contributed by atoms with Gasteiger partial charge in [-0.25, -0.2) is 13.8 Å². The molecule has 6 heteroatoms. The van der Waals surface area contributed by atoms with E-state index in [-0.39, 0.29) is 18.0 Å². The lowest BCUT2D eigenvalue weighted by molar-refractivity contribution is 0.302. The predicted molar refractivity (Wildman–Crippen MR) is 119 cm³/mol. The summed E-state index contributed by atoms with van der Waals surface area (Å²) in [5.74, 6) is -0.797. The normalized spacial score (nSPS) is 13.8. The van der Waals surface area contributed by atoms with Gasteiger partial charge in [0.2, 0.25) is 0 Å². The van der Waals surface area contributed by atoms with Gasteiger partial charge in [-0.1, -0.05) is 60.2 Å². The molecule has 156 valence electrons. The van der Waals surface area contributed by atoms with E-state index in [9.17, 15) is 8.78 Å². The van der Waals surface area contributed by atoms with E-state index in [2.05, 4.69) is 22.1 Å². The Labute approximate surface area is 184 Å². The second-order valence-corrected chi connectivity index (χ2v) is 7.40. The number of allylic oxidation sites excluding steroid dienone is 4. The highest BCUT2D eigenvalue weighted by Crippen LogP contribution is 2.30. The van der Waals surface area contributed by atoms with Crippen LogP contribution in [0.4, 0.5) is 14.5 Å². The molecule has 0 unspecified atom stereocenters. The molecule has 3 aromatic rings. The molecule has 0 atom stereocenters. The van der Waals surface area contributed by atoms with Crippen LogP contribution in [0.2, 0.25) is 5.02 Å². The molecule has 0 amide bonds. The van der Waals surface area contributed by atoms with Crippen molar-refractivity contribution >= 4 is 23.0 Å². The summed E-state index contributed by atoms with van der Waals surface area (Å²) < 4.78 is 33.7. The summed E-state index contributed by atoms with van der Waals surface area (Å²) in [6, 6.07) is 13.6. The molecule has 0 fully saturated rings. The highest BCUT2D eigenvalue weighted by Gasteiger charge is 2.14. The van der Waals surface area contributed by atoms with Crippen LogP contribution in [0.15, 0.2) is 89.7 Å². The maximum Gasteiger partial charge on any atom is 0.149 e. The zero-order valence-corrected chi connectivity index (χ0v) is 17.3. The Hall–Kier alpha value is -3.31. The van der Waals surface area contributed by atoms with Gasteiger partial charge in [0.25, 0.3) is 0 Å². The zero-order chi connectivity index (χ0) is 21.6. The lowest BCUT2D eigenvalue weighted by Gasteiger charge is -2.13. The van der Waals surface area contributed by atoms with Gasteiger partial charge in [-0.05, 0) is 30.5 Å². The zero-order valence-electron chi connectivity index (χ0n) is 16.6. The second-order valence-electron chi connectivity index (χ2n) is 6.99. The Kier molecular flexibility index (Phi) is 6.53. The van der Waals surface area contributed by atoms with Crippen LogP contribution in [0, 0.1) is 11.6 Å². The van der Waals surface area contributed by atoms with Gasteiger partial charge in [0, 0.05) is 22.2 Å². The first-order valence-corrected chi connectivity index (χ1v) is 10.2. The van der Waals surface area contributed by atoms with Crippen LogP contribution in [-0.2, 0) is 6.61 Å². The third-order valence-electron chi connectivity index (χ3n) is 4.74. The molecule has 0 spiro atoms. The fourth-order valence-electron chi connectivity index (χ4n) is 3.21. The Morgan fingerprint density at radius 1 is 1.06 bits per heavy atom. The molecular weight excluding hydrogens is 418 g/mol. The summed E-state index contributed by atoms with van der Waals surface area (Å²) in [6.45, 7) is -0.0235. The number of hydrogen-bond acceptors (Lipinski definition) is 3. The van der Waals surface area contributed by atoms with Crippen LogP contribution in [0.1, 0.15) is 24.0 Å². The highest BCUT2D eigenvalue weighted by molar-refractivity contribution is 6.31. The van der Waals surface area contributed by atoms with Crippen molar-refractivity contribution in [2.45, 2.75) is 19.4 Å². The Bertz CT molecular complexity index is 1170. The maximum atomic E-state index is 14.9. The molecular formula is C25H19ClF2N2O. The second kappa shape index (κ2) is 9.67. The number of ether oxygens (including phenoxy) is 1. The smallest absolute Gasteiger partial charge is 0.149 e. The van der Waals surface area contributed by atoms with Crippen molar-refractivity contribution < 1.29 is 13.5 Å². The van der Waals surface area contributed by atoms with E-state index < -0.39 is 11.6 Å². The van der Waals surface area contributed by atoms with Crippen molar-refractivity contribution in [3.8, 4) is 5.75 Å². The van der Waals surface area contributed by atoms with Gasteiger partial charge in [-0.2, -0.15) is 0 Å².